The van der Waals surface area contributed by atoms with Crippen LogP contribution in [0.5, 0.6) is 0 Å². The average Bonchev–Trinajstić information content (AvgIpc) is 2.34. The van der Waals surface area contributed by atoms with Crippen LogP contribution in [0.2, 0.25) is 0 Å². The summed E-state index contributed by atoms with van der Waals surface area (Å²) in [5.41, 5.74) is 0. The van der Waals surface area contributed by atoms with E-state index in [1.165, 1.54) is 0 Å². The molecule has 2 heterocycles. The minimum atomic E-state index is -1.26. The van der Waals surface area contributed by atoms with Gasteiger partial charge in [0.2, 0.25) is 0 Å². The Morgan fingerprint density at radius 2 is 1.83 bits per heavy atom. The summed E-state index contributed by atoms with van der Waals surface area (Å²) in [4.78, 5) is 7.14. The van der Waals surface area contributed by atoms with E-state index in [1.54, 1.807) is 11.9 Å². The van der Waals surface area contributed by atoms with Crippen molar-refractivity contribution in [2.45, 2.75) is 18.9 Å². The van der Waals surface area contributed by atoms with Crippen LogP contribution in [0, 0.1) is 17.6 Å². The zero-order chi connectivity index (χ0) is 13.3. The van der Waals surface area contributed by atoms with E-state index in [0.717, 1.165) is 25.9 Å². The molecule has 6 heteroatoms. The summed E-state index contributed by atoms with van der Waals surface area (Å²) < 4.78 is 39.5. The summed E-state index contributed by atoms with van der Waals surface area (Å²) in [5.74, 6) is -3.46. The third-order valence-corrected chi connectivity index (χ3v) is 3.44. The molecule has 1 aromatic rings. The topological polar surface area (TPSA) is 19.4 Å². The van der Waals surface area contributed by atoms with Gasteiger partial charge in [0.1, 0.15) is 0 Å². The summed E-state index contributed by atoms with van der Waals surface area (Å²) in [6, 6.07) is 0.649. The van der Waals surface area contributed by atoms with Crippen molar-refractivity contribution in [2.75, 3.05) is 32.1 Å². The SMILES string of the molecule is CN1CCC(N(C)c2nc(F)c(F)cc2F)CC1. The Bertz CT molecular complexity index is 431. The molecule has 0 aliphatic carbocycles. The molecule has 1 aromatic heterocycles. The van der Waals surface area contributed by atoms with Crippen LogP contribution >= 0.6 is 0 Å². The highest BCUT2D eigenvalue weighted by Crippen LogP contribution is 2.23. The number of nitrogens with zero attached hydrogens (tertiary/aromatic N) is 3. The third kappa shape index (κ3) is 2.58. The van der Waals surface area contributed by atoms with Gasteiger partial charge in [0, 0.05) is 19.2 Å². The number of aromatic nitrogens is 1. The monoisotopic (exact) mass is 259 g/mol. The first-order valence-corrected chi connectivity index (χ1v) is 5.92. The van der Waals surface area contributed by atoms with Crippen LogP contribution < -0.4 is 4.90 Å². The van der Waals surface area contributed by atoms with E-state index in [-0.39, 0.29) is 11.9 Å². The first-order valence-electron chi connectivity index (χ1n) is 5.92. The van der Waals surface area contributed by atoms with Crippen LogP contribution in [-0.4, -0.2) is 43.1 Å². The molecule has 0 spiro atoms. The van der Waals surface area contributed by atoms with E-state index in [9.17, 15) is 13.2 Å². The maximum absolute atomic E-state index is 13.6. The van der Waals surface area contributed by atoms with Gasteiger partial charge in [-0.1, -0.05) is 0 Å². The first kappa shape index (κ1) is 13.1. The van der Waals surface area contributed by atoms with Crippen LogP contribution in [0.15, 0.2) is 6.07 Å². The summed E-state index contributed by atoms with van der Waals surface area (Å²) in [5, 5.41) is 0. The van der Waals surface area contributed by atoms with Gasteiger partial charge in [-0.15, -0.1) is 0 Å². The number of pyridine rings is 1. The molecular weight excluding hydrogens is 243 g/mol. The fourth-order valence-corrected chi connectivity index (χ4v) is 2.24. The van der Waals surface area contributed by atoms with Gasteiger partial charge in [-0.05, 0) is 33.0 Å². The highest BCUT2D eigenvalue weighted by atomic mass is 19.2. The summed E-state index contributed by atoms with van der Waals surface area (Å²) in [7, 11) is 3.69. The molecule has 1 fully saturated rings. The maximum atomic E-state index is 13.6. The predicted octanol–water partition coefficient (Wildman–Crippen LogP) is 2.03. The quantitative estimate of drug-likeness (QED) is 0.758. The lowest BCUT2D eigenvalue weighted by Crippen LogP contribution is -2.42. The second-order valence-electron chi connectivity index (χ2n) is 4.71. The van der Waals surface area contributed by atoms with Gasteiger partial charge < -0.3 is 9.80 Å². The Morgan fingerprint density at radius 3 is 2.44 bits per heavy atom. The molecule has 0 aromatic carbocycles. The fraction of sp³-hybridized carbons (Fsp3) is 0.583. The second-order valence-corrected chi connectivity index (χ2v) is 4.71. The molecule has 0 bridgehead atoms. The molecule has 0 radical (unpaired) electrons. The van der Waals surface area contributed by atoms with Crippen molar-refractivity contribution < 1.29 is 13.2 Å². The highest BCUT2D eigenvalue weighted by Gasteiger charge is 2.24. The van der Waals surface area contributed by atoms with E-state index in [2.05, 4.69) is 9.88 Å². The van der Waals surface area contributed by atoms with Crippen molar-refractivity contribution in [3.05, 3.63) is 23.6 Å². The van der Waals surface area contributed by atoms with Crippen LogP contribution in [0.3, 0.4) is 0 Å². The van der Waals surface area contributed by atoms with E-state index in [1.807, 2.05) is 7.05 Å². The van der Waals surface area contributed by atoms with Crippen molar-refractivity contribution in [2.24, 2.45) is 0 Å². The van der Waals surface area contributed by atoms with E-state index < -0.39 is 17.6 Å². The molecule has 100 valence electrons. The molecular formula is C12H16F3N3. The third-order valence-electron chi connectivity index (χ3n) is 3.44. The van der Waals surface area contributed by atoms with Gasteiger partial charge in [0.05, 0.1) is 0 Å². The second kappa shape index (κ2) is 5.14. The largest absolute Gasteiger partial charge is 0.354 e. The molecule has 18 heavy (non-hydrogen) atoms. The van der Waals surface area contributed by atoms with Gasteiger partial charge in [0.25, 0.3) is 5.95 Å². The summed E-state index contributed by atoms with van der Waals surface area (Å²) in [6.07, 6.45) is 1.71. The van der Waals surface area contributed by atoms with Crippen molar-refractivity contribution in [1.82, 2.24) is 9.88 Å². The van der Waals surface area contributed by atoms with Gasteiger partial charge in [-0.25, -0.2) is 8.78 Å². The van der Waals surface area contributed by atoms with Crippen LogP contribution in [0.4, 0.5) is 19.0 Å². The molecule has 2 rings (SSSR count). The molecule has 0 saturated carbocycles. The number of likely N-dealkylation sites (tertiary alicyclic amines) is 1. The van der Waals surface area contributed by atoms with Crippen molar-refractivity contribution in [1.29, 1.82) is 0 Å². The number of anilines is 1. The zero-order valence-corrected chi connectivity index (χ0v) is 10.5. The van der Waals surface area contributed by atoms with Crippen molar-refractivity contribution in [3.8, 4) is 0 Å². The van der Waals surface area contributed by atoms with E-state index in [0.29, 0.717) is 6.07 Å². The fourth-order valence-electron chi connectivity index (χ4n) is 2.24. The van der Waals surface area contributed by atoms with E-state index >= 15 is 0 Å². The smallest absolute Gasteiger partial charge is 0.251 e. The Balaban J connectivity index is 2.18. The molecule has 3 nitrogen and oxygen atoms in total. The number of hydrogen-bond donors (Lipinski definition) is 0. The molecule has 0 atom stereocenters. The van der Waals surface area contributed by atoms with Crippen LogP contribution in [-0.2, 0) is 0 Å². The van der Waals surface area contributed by atoms with Gasteiger partial charge >= 0.3 is 0 Å². The summed E-state index contributed by atoms with van der Waals surface area (Å²) >= 11 is 0. The molecule has 1 saturated heterocycles. The number of hydrogen-bond acceptors (Lipinski definition) is 3. The van der Waals surface area contributed by atoms with Crippen molar-refractivity contribution in [3.63, 3.8) is 0 Å². The molecule has 0 amide bonds. The number of rotatable bonds is 2. The first-order chi connectivity index (χ1) is 8.49. The lowest BCUT2D eigenvalue weighted by molar-refractivity contribution is 0.251. The van der Waals surface area contributed by atoms with Crippen molar-refractivity contribution >= 4 is 5.82 Å². The molecule has 1 aliphatic rings. The number of halogens is 3. The standard InChI is InChI=1S/C12H16F3N3/c1-17-5-3-8(4-6-17)18(2)12-10(14)7-9(13)11(15)16-12/h7-8H,3-6H2,1-2H3. The Kier molecular flexibility index (Phi) is 3.75. The minimum absolute atomic E-state index is 0.105. The Labute approximate surface area is 104 Å². The van der Waals surface area contributed by atoms with Gasteiger partial charge in [-0.2, -0.15) is 9.37 Å². The zero-order valence-electron chi connectivity index (χ0n) is 10.5. The lowest BCUT2D eigenvalue weighted by atomic mass is 10.0. The van der Waals surface area contributed by atoms with Gasteiger partial charge in [0.15, 0.2) is 17.5 Å². The Hall–Kier alpha value is -1.30. The maximum Gasteiger partial charge on any atom is 0.251 e. The highest BCUT2D eigenvalue weighted by molar-refractivity contribution is 5.40. The lowest BCUT2D eigenvalue weighted by Gasteiger charge is -2.35. The van der Waals surface area contributed by atoms with E-state index in [4.69, 9.17) is 0 Å². The predicted molar refractivity (Wildman–Crippen MR) is 63.0 cm³/mol. The normalized spacial score (nSPS) is 18.1. The number of piperidine rings is 1. The van der Waals surface area contributed by atoms with Gasteiger partial charge in [-0.3, -0.25) is 0 Å². The van der Waals surface area contributed by atoms with Crippen LogP contribution in [0.25, 0.3) is 0 Å². The average molecular weight is 259 g/mol. The molecule has 0 N–H and O–H groups in total. The summed E-state index contributed by atoms with van der Waals surface area (Å²) in [6.45, 7) is 1.81. The Morgan fingerprint density at radius 1 is 1.22 bits per heavy atom. The van der Waals surface area contributed by atoms with Crippen LogP contribution in [0.1, 0.15) is 12.8 Å². The molecule has 0 unspecified atom stereocenters. The molecule has 1 aliphatic heterocycles. The minimum Gasteiger partial charge on any atom is -0.354 e.